The Morgan fingerprint density at radius 2 is 1.95 bits per heavy atom. The highest BCUT2D eigenvalue weighted by atomic mass is 16.3. The number of hydrogen-bond acceptors (Lipinski definition) is 3. The van der Waals surface area contributed by atoms with E-state index in [-0.39, 0.29) is 6.61 Å². The molecule has 0 saturated carbocycles. The van der Waals surface area contributed by atoms with E-state index in [1.807, 2.05) is 18.3 Å². The van der Waals surface area contributed by atoms with Crippen LogP contribution >= 0.6 is 0 Å². The minimum absolute atomic E-state index is 0.258. The first kappa shape index (κ1) is 15.2. The Kier molecular flexibility index (Phi) is 5.20. The van der Waals surface area contributed by atoms with Crippen LogP contribution in [0.4, 0.5) is 0 Å². The largest absolute Gasteiger partial charge is 0.396 e. The molecule has 1 atom stereocenters. The van der Waals surface area contributed by atoms with E-state index in [2.05, 4.69) is 40.2 Å². The number of nitrogens with zero attached hydrogens (tertiary/aromatic N) is 2. The zero-order valence-corrected chi connectivity index (χ0v) is 13.0. The normalized spacial score (nSPS) is 16.9. The van der Waals surface area contributed by atoms with Gasteiger partial charge in [0.05, 0.1) is 0 Å². The lowest BCUT2D eigenvalue weighted by Crippen LogP contribution is -2.31. The van der Waals surface area contributed by atoms with Gasteiger partial charge < -0.3 is 5.11 Å². The predicted octanol–water partition coefficient (Wildman–Crippen LogP) is 3.00. The van der Waals surface area contributed by atoms with Crippen LogP contribution in [0.1, 0.15) is 35.7 Å². The third-order valence-corrected chi connectivity index (χ3v) is 4.53. The van der Waals surface area contributed by atoms with Gasteiger partial charge in [-0.05, 0) is 42.5 Å². The fourth-order valence-electron chi connectivity index (χ4n) is 3.42. The van der Waals surface area contributed by atoms with Crippen LogP contribution in [-0.4, -0.2) is 34.7 Å². The van der Waals surface area contributed by atoms with Crippen LogP contribution in [0.3, 0.4) is 0 Å². The summed E-state index contributed by atoms with van der Waals surface area (Å²) in [6.45, 7) is 2.20. The van der Waals surface area contributed by atoms with Crippen LogP contribution in [-0.2, 0) is 12.8 Å². The molecule has 1 unspecified atom stereocenters. The van der Waals surface area contributed by atoms with Crippen molar-refractivity contribution in [3.63, 3.8) is 0 Å². The van der Waals surface area contributed by atoms with E-state index in [0.717, 1.165) is 31.6 Å². The fraction of sp³-hybridized carbons (Fsp3) is 0.421. The average Bonchev–Trinajstić information content (AvgIpc) is 3.00. The number of hydrogen-bond donors (Lipinski definition) is 1. The molecule has 2 aromatic rings. The summed E-state index contributed by atoms with van der Waals surface area (Å²) in [5.41, 5.74) is 4.10. The van der Waals surface area contributed by atoms with Gasteiger partial charge in [0.25, 0.3) is 0 Å². The zero-order valence-electron chi connectivity index (χ0n) is 13.0. The molecule has 0 bridgehead atoms. The Hall–Kier alpha value is -1.71. The number of fused-ring (bicyclic) bond motifs is 1. The molecule has 116 valence electrons. The molecule has 22 heavy (non-hydrogen) atoms. The van der Waals surface area contributed by atoms with Crippen LogP contribution in [0.15, 0.2) is 48.7 Å². The number of aliphatic hydroxyl groups is 1. The molecule has 1 aliphatic carbocycles. The first-order chi connectivity index (χ1) is 10.9. The summed E-state index contributed by atoms with van der Waals surface area (Å²) < 4.78 is 0. The molecule has 1 heterocycles. The van der Waals surface area contributed by atoms with Crippen molar-refractivity contribution in [1.29, 1.82) is 0 Å². The smallest absolute Gasteiger partial charge is 0.0443 e. The molecule has 3 rings (SSSR count). The molecule has 1 aromatic heterocycles. The first-order valence-corrected chi connectivity index (χ1v) is 8.21. The molecule has 0 radical (unpaired) electrons. The molecular formula is C19H24N2O. The standard InChI is InChI=1S/C19H24N2O/c22-15-5-13-21(14-11-17-7-3-4-12-20-17)19-10-9-16-6-1-2-8-18(16)19/h1-4,6-8,12,19,22H,5,9-11,13-15H2. The first-order valence-electron chi connectivity index (χ1n) is 8.21. The summed E-state index contributed by atoms with van der Waals surface area (Å²) in [6.07, 6.45) is 6.01. The minimum Gasteiger partial charge on any atom is -0.396 e. The quantitative estimate of drug-likeness (QED) is 0.853. The number of rotatable bonds is 7. The van der Waals surface area contributed by atoms with E-state index in [1.54, 1.807) is 0 Å². The van der Waals surface area contributed by atoms with Crippen LogP contribution < -0.4 is 0 Å². The maximum absolute atomic E-state index is 9.20. The number of pyridine rings is 1. The molecule has 3 heteroatoms. The minimum atomic E-state index is 0.258. The lowest BCUT2D eigenvalue weighted by molar-refractivity contribution is 0.174. The SMILES string of the molecule is OCCCN(CCc1ccccn1)C1CCc2ccccc21. The van der Waals surface area contributed by atoms with E-state index in [1.165, 1.54) is 24.0 Å². The summed E-state index contributed by atoms with van der Waals surface area (Å²) >= 11 is 0. The van der Waals surface area contributed by atoms with Gasteiger partial charge in [-0.1, -0.05) is 30.3 Å². The van der Waals surface area contributed by atoms with Crippen molar-refractivity contribution in [2.45, 2.75) is 31.7 Å². The molecule has 0 aliphatic heterocycles. The van der Waals surface area contributed by atoms with E-state index >= 15 is 0 Å². The molecule has 3 nitrogen and oxygen atoms in total. The summed E-state index contributed by atoms with van der Waals surface area (Å²) in [5, 5.41) is 9.20. The molecule has 1 aliphatic rings. The molecule has 1 N–H and O–H groups in total. The number of aliphatic hydroxyl groups excluding tert-OH is 1. The van der Waals surface area contributed by atoms with Gasteiger partial charge in [0.15, 0.2) is 0 Å². The van der Waals surface area contributed by atoms with Gasteiger partial charge in [0.1, 0.15) is 0 Å². The Morgan fingerprint density at radius 1 is 1.09 bits per heavy atom. The second-order valence-corrected chi connectivity index (χ2v) is 5.94. The predicted molar refractivity (Wildman–Crippen MR) is 88.7 cm³/mol. The highest BCUT2D eigenvalue weighted by Gasteiger charge is 2.27. The zero-order chi connectivity index (χ0) is 15.2. The van der Waals surface area contributed by atoms with E-state index in [0.29, 0.717) is 6.04 Å². The maximum Gasteiger partial charge on any atom is 0.0443 e. The van der Waals surface area contributed by atoms with Crippen molar-refractivity contribution in [2.24, 2.45) is 0 Å². The lowest BCUT2D eigenvalue weighted by Gasteiger charge is -2.29. The van der Waals surface area contributed by atoms with Crippen molar-refractivity contribution in [3.8, 4) is 0 Å². The number of benzene rings is 1. The Labute approximate surface area is 132 Å². The third kappa shape index (κ3) is 3.54. The van der Waals surface area contributed by atoms with Crippen LogP contribution in [0, 0.1) is 0 Å². The second-order valence-electron chi connectivity index (χ2n) is 5.94. The van der Waals surface area contributed by atoms with E-state index in [9.17, 15) is 5.11 Å². The number of aryl methyl sites for hydroxylation is 1. The highest BCUT2D eigenvalue weighted by Crippen LogP contribution is 2.35. The van der Waals surface area contributed by atoms with Crippen molar-refractivity contribution >= 4 is 0 Å². The topological polar surface area (TPSA) is 36.4 Å². The second kappa shape index (κ2) is 7.52. The van der Waals surface area contributed by atoms with Crippen molar-refractivity contribution in [2.75, 3.05) is 19.7 Å². The Bertz CT molecular complexity index is 585. The van der Waals surface area contributed by atoms with Crippen molar-refractivity contribution < 1.29 is 5.11 Å². The van der Waals surface area contributed by atoms with Gasteiger partial charge in [-0.15, -0.1) is 0 Å². The molecular weight excluding hydrogens is 272 g/mol. The molecule has 0 amide bonds. The highest BCUT2D eigenvalue weighted by molar-refractivity contribution is 5.34. The van der Waals surface area contributed by atoms with Gasteiger partial charge >= 0.3 is 0 Å². The van der Waals surface area contributed by atoms with Gasteiger partial charge in [-0.25, -0.2) is 0 Å². The van der Waals surface area contributed by atoms with Crippen LogP contribution in [0.2, 0.25) is 0 Å². The van der Waals surface area contributed by atoms with E-state index in [4.69, 9.17) is 0 Å². The maximum atomic E-state index is 9.20. The van der Waals surface area contributed by atoms with Gasteiger partial charge in [0.2, 0.25) is 0 Å². The Balaban J connectivity index is 1.70. The van der Waals surface area contributed by atoms with Crippen LogP contribution in [0.5, 0.6) is 0 Å². The summed E-state index contributed by atoms with van der Waals surface area (Å²) in [5.74, 6) is 0. The molecule has 0 saturated heterocycles. The molecule has 0 spiro atoms. The van der Waals surface area contributed by atoms with Crippen LogP contribution in [0.25, 0.3) is 0 Å². The summed E-state index contributed by atoms with van der Waals surface area (Å²) in [7, 11) is 0. The third-order valence-electron chi connectivity index (χ3n) is 4.53. The lowest BCUT2D eigenvalue weighted by atomic mass is 10.1. The Morgan fingerprint density at radius 3 is 2.77 bits per heavy atom. The van der Waals surface area contributed by atoms with Gasteiger partial charge in [-0.3, -0.25) is 9.88 Å². The van der Waals surface area contributed by atoms with Crippen molar-refractivity contribution in [3.05, 3.63) is 65.5 Å². The molecule has 1 aromatic carbocycles. The van der Waals surface area contributed by atoms with Gasteiger partial charge in [-0.2, -0.15) is 0 Å². The summed E-state index contributed by atoms with van der Waals surface area (Å²) in [4.78, 5) is 6.95. The average molecular weight is 296 g/mol. The summed E-state index contributed by atoms with van der Waals surface area (Å²) in [6, 6.07) is 15.4. The monoisotopic (exact) mass is 296 g/mol. The number of aromatic nitrogens is 1. The van der Waals surface area contributed by atoms with Crippen molar-refractivity contribution in [1.82, 2.24) is 9.88 Å². The fourth-order valence-corrected chi connectivity index (χ4v) is 3.42. The van der Waals surface area contributed by atoms with Gasteiger partial charge in [0, 0.05) is 44.0 Å². The molecule has 0 fully saturated rings. The van der Waals surface area contributed by atoms with E-state index < -0.39 is 0 Å².